The molecule has 0 aromatic heterocycles. The number of hydrogen-bond acceptors (Lipinski definition) is 2. The summed E-state index contributed by atoms with van der Waals surface area (Å²) in [4.78, 5) is 0. The fraction of sp³-hybridized carbons (Fsp3) is 1.00. The lowest BCUT2D eigenvalue weighted by molar-refractivity contribution is -0.227. The van der Waals surface area contributed by atoms with E-state index in [4.69, 9.17) is 4.74 Å². The summed E-state index contributed by atoms with van der Waals surface area (Å²) in [5.41, 5.74) is -1.28. The topological polar surface area (TPSA) is 29.5 Å². The summed E-state index contributed by atoms with van der Waals surface area (Å²) in [5.74, 6) is -2.69. The van der Waals surface area contributed by atoms with Crippen LogP contribution >= 0.6 is 0 Å². The van der Waals surface area contributed by atoms with E-state index in [2.05, 4.69) is 0 Å². The average molecular weight is 180 g/mol. The number of alkyl halides is 2. The third-order valence-corrected chi connectivity index (χ3v) is 1.86. The summed E-state index contributed by atoms with van der Waals surface area (Å²) in [7, 11) is 0. The van der Waals surface area contributed by atoms with Gasteiger partial charge in [0.15, 0.2) is 0 Å². The molecule has 1 saturated carbocycles. The van der Waals surface area contributed by atoms with Crippen molar-refractivity contribution in [3.8, 4) is 0 Å². The van der Waals surface area contributed by atoms with Gasteiger partial charge in [0.25, 0.3) is 5.92 Å². The third kappa shape index (κ3) is 2.38. The summed E-state index contributed by atoms with van der Waals surface area (Å²) >= 11 is 0. The van der Waals surface area contributed by atoms with Gasteiger partial charge in [0.05, 0.1) is 18.3 Å². The first-order valence-electron chi connectivity index (χ1n) is 4.05. The summed E-state index contributed by atoms with van der Waals surface area (Å²) < 4.78 is 29.7. The highest BCUT2D eigenvalue weighted by Gasteiger charge is 2.55. The van der Waals surface area contributed by atoms with E-state index in [0.717, 1.165) is 0 Å². The molecule has 0 aliphatic heterocycles. The number of halogens is 2. The van der Waals surface area contributed by atoms with E-state index in [9.17, 15) is 13.9 Å². The van der Waals surface area contributed by atoms with Crippen LogP contribution in [0, 0.1) is 0 Å². The second-order valence-electron chi connectivity index (χ2n) is 3.79. The van der Waals surface area contributed by atoms with Crippen LogP contribution in [0.4, 0.5) is 8.78 Å². The lowest BCUT2D eigenvalue weighted by Gasteiger charge is -2.43. The van der Waals surface area contributed by atoms with Gasteiger partial charge in [-0.25, -0.2) is 8.78 Å². The van der Waals surface area contributed by atoms with Crippen molar-refractivity contribution in [1.29, 1.82) is 0 Å². The fourth-order valence-electron chi connectivity index (χ4n) is 1.33. The van der Waals surface area contributed by atoms with Crippen LogP contribution in [0.1, 0.15) is 26.7 Å². The zero-order chi connectivity index (χ0) is 9.41. The van der Waals surface area contributed by atoms with E-state index in [1.54, 1.807) is 13.8 Å². The van der Waals surface area contributed by atoms with Gasteiger partial charge in [-0.05, 0) is 13.8 Å². The highest BCUT2D eigenvalue weighted by molar-refractivity contribution is 4.99. The van der Waals surface area contributed by atoms with Crippen molar-refractivity contribution in [2.24, 2.45) is 0 Å². The molecule has 0 saturated heterocycles. The molecule has 1 fully saturated rings. The van der Waals surface area contributed by atoms with Crippen molar-refractivity contribution in [3.63, 3.8) is 0 Å². The maximum atomic E-state index is 12.3. The fourth-order valence-corrected chi connectivity index (χ4v) is 1.33. The minimum atomic E-state index is -2.69. The second kappa shape index (κ2) is 2.92. The lowest BCUT2D eigenvalue weighted by atomic mass is 9.77. The van der Waals surface area contributed by atoms with Gasteiger partial charge >= 0.3 is 0 Å². The molecule has 0 unspecified atom stereocenters. The van der Waals surface area contributed by atoms with Gasteiger partial charge in [-0.15, -0.1) is 0 Å². The largest absolute Gasteiger partial charge is 0.387 e. The van der Waals surface area contributed by atoms with Gasteiger partial charge in [-0.3, -0.25) is 0 Å². The van der Waals surface area contributed by atoms with Gasteiger partial charge in [0.2, 0.25) is 0 Å². The Morgan fingerprint density at radius 2 is 1.92 bits per heavy atom. The van der Waals surface area contributed by atoms with E-state index < -0.39 is 24.4 Å². The molecular formula is C8H14F2O2. The van der Waals surface area contributed by atoms with Crippen LogP contribution < -0.4 is 0 Å². The Morgan fingerprint density at radius 1 is 1.42 bits per heavy atom. The molecule has 1 rings (SSSR count). The van der Waals surface area contributed by atoms with Gasteiger partial charge in [0, 0.05) is 12.8 Å². The number of rotatable bonds is 3. The van der Waals surface area contributed by atoms with Crippen LogP contribution in [-0.2, 0) is 4.74 Å². The molecule has 0 amide bonds. The van der Waals surface area contributed by atoms with Crippen molar-refractivity contribution >= 4 is 0 Å². The molecule has 0 heterocycles. The highest BCUT2D eigenvalue weighted by atomic mass is 19.3. The molecular weight excluding hydrogens is 166 g/mol. The number of ether oxygens (including phenoxy) is 1. The van der Waals surface area contributed by atoms with Crippen LogP contribution in [0.5, 0.6) is 0 Å². The summed E-state index contributed by atoms with van der Waals surface area (Å²) in [6.45, 7) is 3.63. The van der Waals surface area contributed by atoms with E-state index in [-0.39, 0.29) is 12.7 Å². The molecule has 12 heavy (non-hydrogen) atoms. The first kappa shape index (κ1) is 9.86. The van der Waals surface area contributed by atoms with Crippen LogP contribution in [0.3, 0.4) is 0 Å². The zero-order valence-electron chi connectivity index (χ0n) is 7.31. The molecule has 0 aromatic rings. The normalized spacial score (nSPS) is 25.5. The summed E-state index contributed by atoms with van der Waals surface area (Å²) in [6.07, 6.45) is -0.956. The third-order valence-electron chi connectivity index (χ3n) is 1.86. The Bertz CT molecular complexity index is 160. The molecule has 1 aliphatic rings. The van der Waals surface area contributed by atoms with Gasteiger partial charge < -0.3 is 9.84 Å². The Hall–Kier alpha value is -0.220. The Balaban J connectivity index is 2.26. The van der Waals surface area contributed by atoms with Crippen LogP contribution in [0.2, 0.25) is 0 Å². The summed E-state index contributed by atoms with van der Waals surface area (Å²) in [6, 6.07) is 0. The molecule has 0 atom stereocenters. The molecule has 0 aromatic carbocycles. The van der Waals surface area contributed by atoms with Crippen molar-refractivity contribution in [1.82, 2.24) is 0 Å². The Morgan fingerprint density at radius 3 is 2.25 bits per heavy atom. The minimum absolute atomic E-state index is 0.0141. The minimum Gasteiger partial charge on any atom is -0.387 e. The zero-order valence-corrected chi connectivity index (χ0v) is 7.31. The second-order valence-corrected chi connectivity index (χ2v) is 3.79. The van der Waals surface area contributed by atoms with Crippen molar-refractivity contribution in [2.75, 3.05) is 6.61 Å². The first-order valence-corrected chi connectivity index (χ1v) is 4.05. The van der Waals surface area contributed by atoms with E-state index in [1.807, 2.05) is 0 Å². The maximum Gasteiger partial charge on any atom is 0.253 e. The molecule has 0 radical (unpaired) electrons. The number of aliphatic hydroxyl groups is 1. The van der Waals surface area contributed by atoms with Crippen molar-refractivity contribution < 1.29 is 18.6 Å². The van der Waals surface area contributed by atoms with Crippen molar-refractivity contribution in [3.05, 3.63) is 0 Å². The molecule has 1 N–H and O–H groups in total. The molecule has 2 nitrogen and oxygen atoms in total. The monoisotopic (exact) mass is 180 g/mol. The quantitative estimate of drug-likeness (QED) is 0.714. The molecule has 0 bridgehead atoms. The standard InChI is InChI=1S/C8H14F2O2/c1-6(2)12-5-7(11)3-8(9,10)4-7/h6,11H,3-5H2,1-2H3. The highest BCUT2D eigenvalue weighted by Crippen LogP contribution is 2.45. The van der Waals surface area contributed by atoms with Gasteiger partial charge in [-0.1, -0.05) is 0 Å². The van der Waals surface area contributed by atoms with Crippen molar-refractivity contribution in [2.45, 2.75) is 44.3 Å². The van der Waals surface area contributed by atoms with Crippen LogP contribution in [0.25, 0.3) is 0 Å². The molecule has 4 heteroatoms. The van der Waals surface area contributed by atoms with E-state index in [1.165, 1.54) is 0 Å². The SMILES string of the molecule is CC(C)OCC1(O)CC(F)(F)C1. The molecule has 72 valence electrons. The summed E-state index contributed by atoms with van der Waals surface area (Å²) in [5, 5.41) is 9.39. The Labute approximate surface area is 70.5 Å². The predicted octanol–water partition coefficient (Wildman–Crippen LogP) is 1.57. The Kier molecular flexibility index (Phi) is 2.40. The van der Waals surface area contributed by atoms with Gasteiger partial charge in [0.1, 0.15) is 0 Å². The smallest absolute Gasteiger partial charge is 0.253 e. The predicted molar refractivity (Wildman–Crippen MR) is 40.2 cm³/mol. The first-order chi connectivity index (χ1) is 5.33. The van der Waals surface area contributed by atoms with E-state index in [0.29, 0.717) is 0 Å². The molecule has 0 spiro atoms. The maximum absolute atomic E-state index is 12.3. The van der Waals surface area contributed by atoms with Crippen LogP contribution in [-0.4, -0.2) is 29.3 Å². The number of hydrogen-bond donors (Lipinski definition) is 1. The average Bonchev–Trinajstić information content (AvgIpc) is 1.79. The van der Waals surface area contributed by atoms with E-state index >= 15 is 0 Å². The van der Waals surface area contributed by atoms with Gasteiger partial charge in [-0.2, -0.15) is 0 Å². The lowest BCUT2D eigenvalue weighted by Crippen LogP contribution is -2.54. The molecule has 1 aliphatic carbocycles. The van der Waals surface area contributed by atoms with Crippen LogP contribution in [0.15, 0.2) is 0 Å².